The summed E-state index contributed by atoms with van der Waals surface area (Å²) in [5.74, 6) is 1.33. The molecular formula is C30H28N2O7. The number of nitrogens with zero attached hydrogens (tertiary/aromatic N) is 2. The Kier molecular flexibility index (Phi) is 7.49. The number of fused-ring (bicyclic) bond motifs is 1. The maximum Gasteiger partial charge on any atom is 0.341 e. The van der Waals surface area contributed by atoms with E-state index in [1.165, 1.54) is 32.4 Å². The Morgan fingerprint density at radius 2 is 1.85 bits per heavy atom. The SMILES string of the molecule is CO/C=C(/C(=O)OC)c1ccccc1COc1cccc(C2=NN(C(C)=O)C(c3ccc4c(c3)OCO4)C2)c1. The summed E-state index contributed by atoms with van der Waals surface area (Å²) >= 11 is 0. The van der Waals surface area contributed by atoms with Crippen LogP contribution in [0, 0.1) is 0 Å². The van der Waals surface area contributed by atoms with Gasteiger partial charge in [-0.05, 0) is 41.0 Å². The number of benzene rings is 3. The molecule has 1 atom stereocenters. The first kappa shape index (κ1) is 25.8. The van der Waals surface area contributed by atoms with Crippen molar-refractivity contribution >= 4 is 23.2 Å². The number of rotatable bonds is 8. The number of esters is 1. The smallest absolute Gasteiger partial charge is 0.341 e. The zero-order chi connectivity index (χ0) is 27.4. The van der Waals surface area contributed by atoms with Gasteiger partial charge in [-0.1, -0.05) is 42.5 Å². The molecule has 2 heterocycles. The summed E-state index contributed by atoms with van der Waals surface area (Å²) in [4.78, 5) is 24.8. The topological polar surface area (TPSA) is 95.9 Å². The number of hydrazone groups is 1. The number of carbonyl (C=O) groups is 2. The summed E-state index contributed by atoms with van der Waals surface area (Å²) in [6.45, 7) is 1.90. The molecule has 3 aromatic rings. The Morgan fingerprint density at radius 1 is 1.03 bits per heavy atom. The van der Waals surface area contributed by atoms with Crippen LogP contribution < -0.4 is 14.2 Å². The van der Waals surface area contributed by atoms with Gasteiger partial charge in [-0.3, -0.25) is 4.79 Å². The molecule has 2 aliphatic heterocycles. The van der Waals surface area contributed by atoms with Crippen molar-refractivity contribution in [3.8, 4) is 17.2 Å². The van der Waals surface area contributed by atoms with Gasteiger partial charge in [-0.15, -0.1) is 0 Å². The van der Waals surface area contributed by atoms with Crippen molar-refractivity contribution in [1.82, 2.24) is 5.01 Å². The van der Waals surface area contributed by atoms with E-state index in [-0.39, 0.29) is 25.3 Å². The minimum Gasteiger partial charge on any atom is -0.503 e. The van der Waals surface area contributed by atoms with Crippen LogP contribution in [0.2, 0.25) is 0 Å². The first-order valence-corrected chi connectivity index (χ1v) is 12.4. The quantitative estimate of drug-likeness (QED) is 0.234. The Morgan fingerprint density at radius 3 is 2.64 bits per heavy atom. The van der Waals surface area contributed by atoms with Crippen LogP contribution in [0.4, 0.5) is 0 Å². The molecule has 0 bridgehead atoms. The molecule has 0 spiro atoms. The molecule has 39 heavy (non-hydrogen) atoms. The van der Waals surface area contributed by atoms with E-state index in [0.29, 0.717) is 34.8 Å². The van der Waals surface area contributed by atoms with E-state index >= 15 is 0 Å². The van der Waals surface area contributed by atoms with Crippen molar-refractivity contribution in [3.63, 3.8) is 0 Å². The largest absolute Gasteiger partial charge is 0.503 e. The van der Waals surface area contributed by atoms with Crippen molar-refractivity contribution in [2.45, 2.75) is 26.0 Å². The zero-order valence-electron chi connectivity index (χ0n) is 21.9. The van der Waals surface area contributed by atoms with E-state index in [1.54, 1.807) is 0 Å². The molecule has 0 radical (unpaired) electrons. The van der Waals surface area contributed by atoms with Gasteiger partial charge in [0.1, 0.15) is 17.9 Å². The van der Waals surface area contributed by atoms with Gasteiger partial charge in [0.2, 0.25) is 12.7 Å². The Hall–Kier alpha value is -4.79. The number of amides is 1. The minimum absolute atomic E-state index is 0.151. The highest BCUT2D eigenvalue weighted by atomic mass is 16.7. The van der Waals surface area contributed by atoms with Crippen molar-refractivity contribution in [3.05, 3.63) is 95.2 Å². The first-order valence-electron chi connectivity index (χ1n) is 12.4. The highest BCUT2D eigenvalue weighted by molar-refractivity contribution is 6.16. The lowest BCUT2D eigenvalue weighted by atomic mass is 9.98. The Balaban J connectivity index is 1.35. The molecule has 9 nitrogen and oxygen atoms in total. The number of methoxy groups -OCH3 is 2. The van der Waals surface area contributed by atoms with Gasteiger partial charge in [0.25, 0.3) is 0 Å². The fraction of sp³-hybridized carbons (Fsp3) is 0.233. The number of ether oxygens (including phenoxy) is 5. The zero-order valence-corrected chi connectivity index (χ0v) is 21.9. The minimum atomic E-state index is -0.502. The molecule has 5 rings (SSSR count). The third kappa shape index (κ3) is 5.43. The van der Waals surface area contributed by atoms with Crippen LogP contribution in [0.25, 0.3) is 5.57 Å². The molecule has 3 aromatic carbocycles. The molecule has 0 saturated heterocycles. The summed E-state index contributed by atoms with van der Waals surface area (Å²) in [7, 11) is 2.80. The summed E-state index contributed by atoms with van der Waals surface area (Å²) in [5.41, 5.74) is 4.29. The molecule has 0 aliphatic carbocycles. The highest BCUT2D eigenvalue weighted by Gasteiger charge is 2.32. The van der Waals surface area contributed by atoms with E-state index in [4.69, 9.17) is 23.7 Å². The van der Waals surface area contributed by atoms with Crippen molar-refractivity contribution in [2.75, 3.05) is 21.0 Å². The molecule has 0 aromatic heterocycles. The second-order valence-electron chi connectivity index (χ2n) is 8.98. The fourth-order valence-corrected chi connectivity index (χ4v) is 4.64. The van der Waals surface area contributed by atoms with Gasteiger partial charge in [0.05, 0.1) is 32.2 Å². The standard InChI is InChI=1S/C30H28N2O7/c1-19(33)32-27(21-11-12-28-29(14-21)39-18-38-28)15-26(31-32)20-8-6-9-23(13-20)37-16-22-7-4-5-10-24(22)25(17-35-2)30(34)36-3/h4-14,17,27H,15-16,18H2,1-3H3/b25-17+. The molecule has 200 valence electrons. The molecule has 0 N–H and O–H groups in total. The van der Waals surface area contributed by atoms with E-state index in [1.807, 2.05) is 66.7 Å². The van der Waals surface area contributed by atoms with Crippen molar-refractivity contribution in [1.29, 1.82) is 0 Å². The second-order valence-corrected chi connectivity index (χ2v) is 8.98. The molecule has 1 amide bonds. The lowest BCUT2D eigenvalue weighted by molar-refractivity contribution is -0.134. The third-order valence-electron chi connectivity index (χ3n) is 6.52. The van der Waals surface area contributed by atoms with E-state index in [9.17, 15) is 9.59 Å². The highest BCUT2D eigenvalue weighted by Crippen LogP contribution is 2.39. The molecule has 9 heteroatoms. The number of carbonyl (C=O) groups excluding carboxylic acids is 2. The van der Waals surface area contributed by atoms with Gasteiger partial charge in [-0.2, -0.15) is 5.10 Å². The monoisotopic (exact) mass is 528 g/mol. The van der Waals surface area contributed by atoms with Gasteiger partial charge in [-0.25, -0.2) is 9.80 Å². The van der Waals surface area contributed by atoms with Crippen molar-refractivity contribution < 1.29 is 33.3 Å². The van der Waals surface area contributed by atoms with Gasteiger partial charge < -0.3 is 23.7 Å². The Bertz CT molecular complexity index is 1460. The average molecular weight is 529 g/mol. The predicted octanol–water partition coefficient (Wildman–Crippen LogP) is 4.85. The van der Waals surface area contributed by atoms with Gasteiger partial charge in [0, 0.05) is 18.9 Å². The maximum absolute atomic E-state index is 12.5. The fourth-order valence-electron chi connectivity index (χ4n) is 4.64. The van der Waals surface area contributed by atoms with Gasteiger partial charge in [0.15, 0.2) is 11.5 Å². The molecular weight excluding hydrogens is 500 g/mol. The van der Waals surface area contributed by atoms with Crippen LogP contribution in [-0.2, 0) is 25.7 Å². The van der Waals surface area contributed by atoms with Crippen LogP contribution in [0.15, 0.2) is 78.1 Å². The number of hydrogen-bond donors (Lipinski definition) is 0. The first-order chi connectivity index (χ1) is 19.0. The summed E-state index contributed by atoms with van der Waals surface area (Å²) in [5, 5.41) is 6.16. The van der Waals surface area contributed by atoms with E-state index in [0.717, 1.165) is 22.4 Å². The molecule has 0 fully saturated rings. The van der Waals surface area contributed by atoms with Crippen LogP contribution in [0.3, 0.4) is 0 Å². The van der Waals surface area contributed by atoms with Crippen LogP contribution in [-0.4, -0.2) is 43.6 Å². The lowest BCUT2D eigenvalue weighted by Gasteiger charge is -2.20. The second kappa shape index (κ2) is 11.3. The number of hydrogen-bond acceptors (Lipinski definition) is 8. The molecule has 1 unspecified atom stereocenters. The van der Waals surface area contributed by atoms with Crippen LogP contribution in [0.5, 0.6) is 17.2 Å². The normalized spacial score (nSPS) is 16.1. The van der Waals surface area contributed by atoms with Crippen LogP contribution in [0.1, 0.15) is 41.6 Å². The van der Waals surface area contributed by atoms with E-state index in [2.05, 4.69) is 5.10 Å². The Labute approximate surface area is 226 Å². The third-order valence-corrected chi connectivity index (χ3v) is 6.52. The average Bonchev–Trinajstić information content (AvgIpc) is 3.62. The predicted molar refractivity (Wildman–Crippen MR) is 143 cm³/mol. The van der Waals surface area contributed by atoms with Crippen molar-refractivity contribution in [2.24, 2.45) is 5.10 Å². The molecule has 2 aliphatic rings. The summed E-state index contributed by atoms with van der Waals surface area (Å²) in [6.07, 6.45) is 1.90. The maximum atomic E-state index is 12.5. The lowest BCUT2D eigenvalue weighted by Crippen LogP contribution is -2.24. The molecule has 0 saturated carbocycles. The van der Waals surface area contributed by atoms with Crippen LogP contribution >= 0.6 is 0 Å². The van der Waals surface area contributed by atoms with E-state index < -0.39 is 5.97 Å². The summed E-state index contributed by atoms with van der Waals surface area (Å²) in [6, 6.07) is 20.4. The van der Waals surface area contributed by atoms with Gasteiger partial charge >= 0.3 is 5.97 Å². The summed E-state index contributed by atoms with van der Waals surface area (Å²) < 4.78 is 27.1.